The minimum atomic E-state index is -0.189. The number of benzene rings is 1. The van der Waals surface area contributed by atoms with E-state index in [2.05, 4.69) is 4.98 Å². The molecule has 1 heterocycles. The molecule has 4 heteroatoms. The molecule has 1 aromatic carbocycles. The van der Waals surface area contributed by atoms with Gasteiger partial charge in [-0.2, -0.15) is 5.26 Å². The fourth-order valence-corrected chi connectivity index (χ4v) is 1.38. The maximum atomic E-state index is 11.0. The van der Waals surface area contributed by atoms with Crippen molar-refractivity contribution >= 4 is 16.6 Å². The van der Waals surface area contributed by atoms with E-state index in [1.165, 1.54) is 6.07 Å². The van der Waals surface area contributed by atoms with Crippen molar-refractivity contribution in [3.05, 3.63) is 40.2 Å². The Hall–Kier alpha value is -2.28. The molecule has 0 saturated heterocycles. The van der Waals surface area contributed by atoms with Crippen molar-refractivity contribution in [3.8, 4) is 6.07 Å². The molecule has 0 saturated carbocycles. The normalized spacial score (nSPS) is 9.93. The van der Waals surface area contributed by atoms with E-state index in [9.17, 15) is 4.79 Å². The van der Waals surface area contributed by atoms with Crippen LogP contribution in [0.2, 0.25) is 0 Å². The highest BCUT2D eigenvalue weighted by atomic mass is 16.1. The van der Waals surface area contributed by atoms with E-state index >= 15 is 0 Å². The van der Waals surface area contributed by atoms with Gasteiger partial charge in [-0.25, -0.2) is 0 Å². The minimum Gasteiger partial charge on any atom is -0.398 e. The third-order valence-corrected chi connectivity index (χ3v) is 2.05. The summed E-state index contributed by atoms with van der Waals surface area (Å²) in [4.78, 5) is 13.6. The first kappa shape index (κ1) is 8.32. The molecule has 0 spiro atoms. The van der Waals surface area contributed by atoms with Crippen molar-refractivity contribution in [1.82, 2.24) is 4.98 Å². The molecule has 3 N–H and O–H groups in total. The molecule has 4 nitrogen and oxygen atoms in total. The number of nitrogen functional groups attached to an aromatic ring is 1. The summed E-state index contributed by atoms with van der Waals surface area (Å²) in [6.07, 6.45) is 0. The monoisotopic (exact) mass is 185 g/mol. The van der Waals surface area contributed by atoms with Gasteiger partial charge in [-0.15, -0.1) is 0 Å². The molecule has 1 aromatic heterocycles. The number of H-pyrrole nitrogens is 1. The van der Waals surface area contributed by atoms with Crippen LogP contribution in [-0.4, -0.2) is 4.98 Å². The van der Waals surface area contributed by atoms with Gasteiger partial charge in [0.05, 0.1) is 11.3 Å². The smallest absolute Gasteiger partial charge is 0.248 e. The summed E-state index contributed by atoms with van der Waals surface area (Å²) in [5, 5.41) is 9.54. The van der Waals surface area contributed by atoms with Crippen LogP contribution in [0.1, 0.15) is 5.56 Å². The Balaban J connectivity index is 2.97. The number of anilines is 1. The maximum Gasteiger partial charge on any atom is 0.248 e. The van der Waals surface area contributed by atoms with E-state index in [0.717, 1.165) is 0 Å². The topological polar surface area (TPSA) is 82.7 Å². The molecule has 0 aliphatic carbocycles. The molecule has 0 amide bonds. The number of aromatic nitrogens is 1. The SMILES string of the molecule is N#Cc1c(N)ccc2[nH]c(=O)ccc12. The van der Waals surface area contributed by atoms with Gasteiger partial charge in [0.2, 0.25) is 5.56 Å². The van der Waals surface area contributed by atoms with Crippen LogP contribution in [-0.2, 0) is 0 Å². The van der Waals surface area contributed by atoms with Crippen molar-refractivity contribution in [2.24, 2.45) is 0 Å². The van der Waals surface area contributed by atoms with E-state index in [-0.39, 0.29) is 5.56 Å². The van der Waals surface area contributed by atoms with Crippen LogP contribution < -0.4 is 11.3 Å². The van der Waals surface area contributed by atoms with Gasteiger partial charge >= 0.3 is 0 Å². The average Bonchev–Trinajstić information content (AvgIpc) is 2.18. The Morgan fingerprint density at radius 3 is 2.79 bits per heavy atom. The second-order valence-corrected chi connectivity index (χ2v) is 2.93. The average molecular weight is 185 g/mol. The summed E-state index contributed by atoms with van der Waals surface area (Å²) < 4.78 is 0. The number of pyridine rings is 1. The molecule has 0 unspecified atom stereocenters. The lowest BCUT2D eigenvalue weighted by molar-refractivity contribution is 1.30. The van der Waals surface area contributed by atoms with Crippen molar-refractivity contribution in [2.45, 2.75) is 0 Å². The number of nitrogens with two attached hydrogens (primary N) is 1. The molecule has 2 rings (SSSR count). The summed E-state index contributed by atoms with van der Waals surface area (Å²) in [7, 11) is 0. The largest absolute Gasteiger partial charge is 0.398 e. The minimum absolute atomic E-state index is 0.189. The molecular weight excluding hydrogens is 178 g/mol. The second-order valence-electron chi connectivity index (χ2n) is 2.93. The molecule has 0 fully saturated rings. The number of hydrogen-bond acceptors (Lipinski definition) is 3. The fraction of sp³-hybridized carbons (Fsp3) is 0. The molecule has 14 heavy (non-hydrogen) atoms. The Bertz CT molecular complexity index is 592. The lowest BCUT2D eigenvalue weighted by Crippen LogP contribution is -2.03. The number of nitriles is 1. The number of hydrogen-bond donors (Lipinski definition) is 2. The molecule has 0 aliphatic rings. The quantitative estimate of drug-likeness (QED) is 0.600. The van der Waals surface area contributed by atoms with Gasteiger partial charge in [-0.3, -0.25) is 4.79 Å². The number of aromatic amines is 1. The highest BCUT2D eigenvalue weighted by Crippen LogP contribution is 2.20. The molecule has 0 bridgehead atoms. The van der Waals surface area contributed by atoms with Gasteiger partial charge in [0.15, 0.2) is 0 Å². The first-order valence-corrected chi connectivity index (χ1v) is 4.04. The van der Waals surface area contributed by atoms with Crippen LogP contribution in [0.25, 0.3) is 10.9 Å². The summed E-state index contributed by atoms with van der Waals surface area (Å²) in [6, 6.07) is 8.28. The lowest BCUT2D eigenvalue weighted by atomic mass is 10.1. The zero-order chi connectivity index (χ0) is 10.1. The fourth-order valence-electron chi connectivity index (χ4n) is 1.38. The first-order chi connectivity index (χ1) is 6.72. The molecule has 2 aromatic rings. The summed E-state index contributed by atoms with van der Waals surface area (Å²) in [5.74, 6) is 0. The number of fused-ring (bicyclic) bond motifs is 1. The van der Waals surface area contributed by atoms with Crippen LogP contribution in [0.4, 0.5) is 5.69 Å². The standard InChI is InChI=1S/C10H7N3O/c11-5-7-6-1-4-10(14)13-9(6)3-2-8(7)12/h1-4H,12H2,(H,13,14). The van der Waals surface area contributed by atoms with Gasteiger partial charge in [0.25, 0.3) is 0 Å². The van der Waals surface area contributed by atoms with Crippen molar-refractivity contribution in [2.75, 3.05) is 5.73 Å². The summed E-state index contributed by atoms with van der Waals surface area (Å²) >= 11 is 0. The molecule has 68 valence electrons. The third kappa shape index (κ3) is 1.12. The van der Waals surface area contributed by atoms with Gasteiger partial charge in [0.1, 0.15) is 6.07 Å². The van der Waals surface area contributed by atoms with Gasteiger partial charge < -0.3 is 10.7 Å². The highest BCUT2D eigenvalue weighted by molar-refractivity contribution is 5.89. The lowest BCUT2D eigenvalue weighted by Gasteiger charge is -2.01. The maximum absolute atomic E-state index is 11.0. The number of nitrogens with one attached hydrogen (secondary N) is 1. The van der Waals surface area contributed by atoms with E-state index in [1.807, 2.05) is 6.07 Å². The zero-order valence-electron chi connectivity index (χ0n) is 7.24. The highest BCUT2D eigenvalue weighted by Gasteiger charge is 2.04. The van der Waals surface area contributed by atoms with Crippen molar-refractivity contribution in [3.63, 3.8) is 0 Å². The molecule has 0 radical (unpaired) electrons. The molecule has 0 aliphatic heterocycles. The van der Waals surface area contributed by atoms with Crippen molar-refractivity contribution < 1.29 is 0 Å². The summed E-state index contributed by atoms with van der Waals surface area (Å²) in [6.45, 7) is 0. The van der Waals surface area contributed by atoms with Crippen molar-refractivity contribution in [1.29, 1.82) is 5.26 Å². The van der Waals surface area contributed by atoms with E-state index < -0.39 is 0 Å². The Kier molecular flexibility index (Phi) is 1.72. The first-order valence-electron chi connectivity index (χ1n) is 4.04. The van der Waals surface area contributed by atoms with Crippen LogP contribution in [0, 0.1) is 11.3 Å². The predicted molar refractivity (Wildman–Crippen MR) is 53.7 cm³/mol. The molecule has 0 atom stereocenters. The van der Waals surface area contributed by atoms with Crippen LogP contribution >= 0.6 is 0 Å². The molecular formula is C10H7N3O. The van der Waals surface area contributed by atoms with Gasteiger partial charge in [0, 0.05) is 17.0 Å². The number of nitrogens with zero attached hydrogens (tertiary/aromatic N) is 1. The van der Waals surface area contributed by atoms with Gasteiger partial charge in [-0.1, -0.05) is 0 Å². The second kappa shape index (κ2) is 2.89. The van der Waals surface area contributed by atoms with Gasteiger partial charge in [-0.05, 0) is 18.2 Å². The van der Waals surface area contributed by atoms with E-state index in [1.54, 1.807) is 18.2 Å². The van der Waals surface area contributed by atoms with Crippen LogP contribution in [0.5, 0.6) is 0 Å². The predicted octanol–water partition coefficient (Wildman–Crippen LogP) is 0.982. The zero-order valence-corrected chi connectivity index (χ0v) is 7.24. The third-order valence-electron chi connectivity index (χ3n) is 2.05. The Labute approximate surface area is 79.6 Å². The van der Waals surface area contributed by atoms with Crippen LogP contribution in [0.3, 0.4) is 0 Å². The van der Waals surface area contributed by atoms with E-state index in [4.69, 9.17) is 11.0 Å². The summed E-state index contributed by atoms with van der Waals surface area (Å²) in [5.41, 5.74) is 6.88. The Morgan fingerprint density at radius 2 is 2.07 bits per heavy atom. The number of rotatable bonds is 0. The van der Waals surface area contributed by atoms with E-state index in [0.29, 0.717) is 22.2 Å². The van der Waals surface area contributed by atoms with Crippen LogP contribution in [0.15, 0.2) is 29.1 Å². The Morgan fingerprint density at radius 1 is 1.29 bits per heavy atom.